The number of carbonyl (C=O) groups is 2. The van der Waals surface area contributed by atoms with E-state index in [1.54, 1.807) is 24.3 Å². The van der Waals surface area contributed by atoms with Crippen LogP contribution in [0.15, 0.2) is 42.7 Å². The summed E-state index contributed by atoms with van der Waals surface area (Å²) in [5, 5.41) is 3.26. The summed E-state index contributed by atoms with van der Waals surface area (Å²) in [7, 11) is 1.90. The van der Waals surface area contributed by atoms with Crippen LogP contribution in [-0.2, 0) is 6.54 Å². The van der Waals surface area contributed by atoms with Crippen molar-refractivity contribution in [3.05, 3.63) is 65.1 Å². The van der Waals surface area contributed by atoms with E-state index in [2.05, 4.69) is 31.4 Å². The van der Waals surface area contributed by atoms with Crippen LogP contribution in [0.5, 0.6) is 0 Å². The lowest BCUT2D eigenvalue weighted by Gasteiger charge is -2.11. The van der Waals surface area contributed by atoms with Crippen LogP contribution in [0.2, 0.25) is 0 Å². The van der Waals surface area contributed by atoms with Gasteiger partial charge in [0.2, 0.25) is 0 Å². The fraction of sp³-hybridized carbons (Fsp3) is 0.375. The molecule has 2 amide bonds. The van der Waals surface area contributed by atoms with Gasteiger partial charge in [0, 0.05) is 19.4 Å². The maximum atomic E-state index is 12.7. The lowest BCUT2D eigenvalue weighted by Crippen LogP contribution is -2.29. The molecule has 2 unspecified atom stereocenters. The summed E-state index contributed by atoms with van der Waals surface area (Å²) in [4.78, 5) is 31.4. The van der Waals surface area contributed by atoms with Crippen molar-refractivity contribution in [2.75, 3.05) is 12.4 Å². The van der Waals surface area contributed by atoms with E-state index < -0.39 is 0 Å². The molecule has 6 nitrogen and oxygen atoms in total. The van der Waals surface area contributed by atoms with Crippen molar-refractivity contribution in [3.63, 3.8) is 0 Å². The molecule has 5 rings (SSSR count). The molecular weight excluding hydrogens is 376 g/mol. The SMILES string of the molecule is CNc1cc(C2CC2CC(C)C)cn2cc(CN3C(=O)c4ccccc4C3=O)nc12. The second kappa shape index (κ2) is 6.97. The van der Waals surface area contributed by atoms with Crippen molar-refractivity contribution >= 4 is 23.1 Å². The summed E-state index contributed by atoms with van der Waals surface area (Å²) < 4.78 is 2.03. The number of imide groups is 1. The predicted octanol–water partition coefficient (Wildman–Crippen LogP) is 4.32. The molecule has 154 valence electrons. The number of carbonyl (C=O) groups excluding carboxylic acids is 2. The Kier molecular flexibility index (Phi) is 4.38. The average Bonchev–Trinajstić information content (AvgIpc) is 3.29. The van der Waals surface area contributed by atoms with E-state index in [-0.39, 0.29) is 18.4 Å². The molecule has 2 atom stereocenters. The van der Waals surface area contributed by atoms with Gasteiger partial charge in [-0.1, -0.05) is 26.0 Å². The number of hydrogen-bond acceptors (Lipinski definition) is 4. The number of nitrogens with one attached hydrogen (secondary N) is 1. The Labute approximate surface area is 175 Å². The van der Waals surface area contributed by atoms with E-state index in [1.165, 1.54) is 23.3 Å². The second-order valence-corrected chi connectivity index (χ2v) is 8.87. The van der Waals surface area contributed by atoms with Gasteiger partial charge in [0.25, 0.3) is 11.8 Å². The molecule has 1 saturated carbocycles. The van der Waals surface area contributed by atoms with Crippen molar-refractivity contribution in [2.45, 2.75) is 39.2 Å². The van der Waals surface area contributed by atoms with Crippen LogP contribution in [0.1, 0.15) is 64.6 Å². The first kappa shape index (κ1) is 18.9. The Hall–Kier alpha value is -3.15. The van der Waals surface area contributed by atoms with Crippen molar-refractivity contribution in [1.82, 2.24) is 14.3 Å². The first-order valence-electron chi connectivity index (χ1n) is 10.6. The number of aromatic nitrogens is 2. The lowest BCUT2D eigenvalue weighted by molar-refractivity contribution is 0.0640. The van der Waals surface area contributed by atoms with E-state index in [4.69, 9.17) is 4.98 Å². The van der Waals surface area contributed by atoms with Gasteiger partial charge in [0.05, 0.1) is 29.1 Å². The highest BCUT2D eigenvalue weighted by atomic mass is 16.2. The molecule has 1 fully saturated rings. The number of imidazole rings is 1. The molecule has 0 radical (unpaired) electrons. The third kappa shape index (κ3) is 3.07. The van der Waals surface area contributed by atoms with Gasteiger partial charge in [-0.05, 0) is 54.4 Å². The maximum absolute atomic E-state index is 12.7. The fourth-order valence-corrected chi connectivity index (χ4v) is 4.70. The van der Waals surface area contributed by atoms with E-state index >= 15 is 0 Å². The van der Waals surface area contributed by atoms with Crippen LogP contribution in [-0.4, -0.2) is 33.1 Å². The van der Waals surface area contributed by atoms with Gasteiger partial charge in [-0.15, -0.1) is 0 Å². The number of benzene rings is 1. The smallest absolute Gasteiger partial charge is 0.261 e. The van der Waals surface area contributed by atoms with Gasteiger partial charge in [0.1, 0.15) is 0 Å². The van der Waals surface area contributed by atoms with Gasteiger partial charge in [-0.2, -0.15) is 0 Å². The zero-order chi connectivity index (χ0) is 21.0. The number of amides is 2. The summed E-state index contributed by atoms with van der Waals surface area (Å²) in [6.07, 6.45) is 6.58. The van der Waals surface area contributed by atoms with Gasteiger partial charge in [-0.3, -0.25) is 14.5 Å². The molecule has 2 aliphatic rings. The third-order valence-corrected chi connectivity index (χ3v) is 6.21. The lowest BCUT2D eigenvalue weighted by atomic mass is 10.0. The van der Waals surface area contributed by atoms with Gasteiger partial charge in [-0.25, -0.2) is 4.98 Å². The third-order valence-electron chi connectivity index (χ3n) is 6.21. The highest BCUT2D eigenvalue weighted by Gasteiger charge is 2.39. The van der Waals surface area contributed by atoms with Crippen LogP contribution < -0.4 is 5.32 Å². The number of pyridine rings is 1. The number of fused-ring (bicyclic) bond motifs is 2. The maximum Gasteiger partial charge on any atom is 0.261 e. The molecule has 0 bridgehead atoms. The van der Waals surface area contributed by atoms with Crippen LogP contribution in [0, 0.1) is 11.8 Å². The summed E-state index contributed by atoms with van der Waals surface area (Å²) in [6.45, 7) is 4.73. The first-order chi connectivity index (χ1) is 14.5. The van der Waals surface area contributed by atoms with E-state index in [0.29, 0.717) is 28.7 Å². The molecular formula is C24H26N4O2. The molecule has 1 N–H and O–H groups in total. The van der Waals surface area contributed by atoms with E-state index in [9.17, 15) is 9.59 Å². The quantitative estimate of drug-likeness (QED) is 0.624. The molecule has 30 heavy (non-hydrogen) atoms. The molecule has 0 spiro atoms. The molecule has 2 aromatic heterocycles. The zero-order valence-corrected chi connectivity index (χ0v) is 17.6. The number of nitrogens with zero attached hydrogens (tertiary/aromatic N) is 3. The molecule has 1 aliphatic carbocycles. The summed E-state index contributed by atoms with van der Waals surface area (Å²) in [5.41, 5.74) is 4.74. The first-order valence-corrected chi connectivity index (χ1v) is 10.6. The zero-order valence-electron chi connectivity index (χ0n) is 17.6. The molecule has 3 heterocycles. The number of hydrogen-bond donors (Lipinski definition) is 1. The normalized spacial score (nSPS) is 20.3. The van der Waals surface area contributed by atoms with Gasteiger partial charge < -0.3 is 9.72 Å². The van der Waals surface area contributed by atoms with Crippen LogP contribution in [0.3, 0.4) is 0 Å². The summed E-state index contributed by atoms with van der Waals surface area (Å²) >= 11 is 0. The van der Waals surface area contributed by atoms with Crippen molar-refractivity contribution in [1.29, 1.82) is 0 Å². The highest BCUT2D eigenvalue weighted by Crippen LogP contribution is 2.51. The Morgan fingerprint density at radius 3 is 2.47 bits per heavy atom. The summed E-state index contributed by atoms with van der Waals surface area (Å²) in [6, 6.07) is 9.16. The minimum absolute atomic E-state index is 0.173. The molecule has 1 aliphatic heterocycles. The average molecular weight is 402 g/mol. The Bertz CT molecular complexity index is 1130. The topological polar surface area (TPSA) is 66.7 Å². The Morgan fingerprint density at radius 1 is 1.13 bits per heavy atom. The van der Waals surface area contributed by atoms with Crippen LogP contribution >= 0.6 is 0 Å². The predicted molar refractivity (Wildman–Crippen MR) is 116 cm³/mol. The van der Waals surface area contributed by atoms with E-state index in [0.717, 1.165) is 17.3 Å². The molecule has 3 aromatic rings. The molecule has 1 aromatic carbocycles. The van der Waals surface area contributed by atoms with E-state index in [1.807, 2.05) is 17.6 Å². The number of anilines is 1. The van der Waals surface area contributed by atoms with Gasteiger partial charge >= 0.3 is 0 Å². The van der Waals surface area contributed by atoms with Crippen molar-refractivity contribution in [2.24, 2.45) is 11.8 Å². The van der Waals surface area contributed by atoms with Crippen molar-refractivity contribution < 1.29 is 9.59 Å². The molecule has 0 saturated heterocycles. The molecule has 6 heteroatoms. The second-order valence-electron chi connectivity index (χ2n) is 8.87. The van der Waals surface area contributed by atoms with Crippen molar-refractivity contribution in [3.8, 4) is 0 Å². The minimum Gasteiger partial charge on any atom is -0.385 e. The Morgan fingerprint density at radius 2 is 1.83 bits per heavy atom. The Balaban J connectivity index is 1.43. The van der Waals surface area contributed by atoms with Gasteiger partial charge in [0.15, 0.2) is 5.65 Å². The number of rotatable bonds is 6. The van der Waals surface area contributed by atoms with Crippen LogP contribution in [0.4, 0.5) is 5.69 Å². The summed E-state index contributed by atoms with van der Waals surface area (Å²) in [5.74, 6) is 1.57. The minimum atomic E-state index is -0.253. The standard InChI is InChI=1S/C24H26N4O2/c1-14(2)8-15-9-20(15)16-10-21(25-3)22-26-17(12-27(22)11-16)13-28-23(29)18-6-4-5-7-19(18)24(28)30/h4-7,10-12,14-15,20,25H,8-9,13H2,1-3H3. The van der Waals surface area contributed by atoms with Crippen LogP contribution in [0.25, 0.3) is 5.65 Å². The highest BCUT2D eigenvalue weighted by molar-refractivity contribution is 6.21. The monoisotopic (exact) mass is 402 g/mol. The fourth-order valence-electron chi connectivity index (χ4n) is 4.70. The largest absolute Gasteiger partial charge is 0.385 e.